The topological polar surface area (TPSA) is 41.1 Å². The fraction of sp³-hybridized carbons (Fsp3) is 0.700. The molecule has 0 aromatic carbocycles. The van der Waals surface area contributed by atoms with Gasteiger partial charge in [-0.2, -0.15) is 0 Å². The molecular formula is C10H18N2O. The first-order valence-electron chi connectivity index (χ1n) is 4.99. The minimum absolute atomic E-state index is 0.0847. The number of carbonyl (C=O) groups excluding carboxylic acids is 1. The fourth-order valence-corrected chi connectivity index (χ4v) is 1.47. The van der Waals surface area contributed by atoms with Crippen LogP contribution in [0.5, 0.6) is 0 Å². The molecule has 0 aromatic heterocycles. The fourth-order valence-electron chi connectivity index (χ4n) is 1.47. The molecule has 0 spiro atoms. The van der Waals surface area contributed by atoms with Crippen LogP contribution in [0.2, 0.25) is 0 Å². The predicted octanol–water partition coefficient (Wildman–Crippen LogP) is 0.821. The quantitative estimate of drug-likeness (QED) is 0.632. The van der Waals surface area contributed by atoms with E-state index in [1.807, 2.05) is 6.92 Å². The molecule has 1 amide bonds. The molecule has 1 aliphatic carbocycles. The summed E-state index contributed by atoms with van der Waals surface area (Å²) in [6, 6.07) is 0.399. The second kappa shape index (κ2) is 5.75. The van der Waals surface area contributed by atoms with Crippen LogP contribution in [0.15, 0.2) is 12.2 Å². The molecule has 3 nitrogen and oxygen atoms in total. The Labute approximate surface area is 79.6 Å². The molecule has 0 saturated heterocycles. The van der Waals surface area contributed by atoms with Gasteiger partial charge in [0.1, 0.15) is 0 Å². The highest BCUT2D eigenvalue weighted by Crippen LogP contribution is 2.09. The maximum atomic E-state index is 11.1. The highest BCUT2D eigenvalue weighted by Gasteiger charge is 2.08. The van der Waals surface area contributed by atoms with Crippen molar-refractivity contribution in [2.75, 3.05) is 13.1 Å². The molecule has 1 atom stereocenters. The summed E-state index contributed by atoms with van der Waals surface area (Å²) in [7, 11) is 0. The van der Waals surface area contributed by atoms with Crippen molar-refractivity contribution in [2.24, 2.45) is 0 Å². The highest BCUT2D eigenvalue weighted by atomic mass is 16.1. The van der Waals surface area contributed by atoms with E-state index in [4.69, 9.17) is 0 Å². The molecule has 1 aliphatic rings. The SMILES string of the molecule is CCNC(=O)CNC1C=CCCC1. The summed E-state index contributed by atoms with van der Waals surface area (Å²) in [6.07, 6.45) is 7.89. The Bertz CT molecular complexity index is 189. The third-order valence-corrected chi connectivity index (χ3v) is 2.15. The monoisotopic (exact) mass is 182 g/mol. The van der Waals surface area contributed by atoms with E-state index in [0.717, 1.165) is 6.42 Å². The molecule has 0 aliphatic heterocycles. The van der Waals surface area contributed by atoms with E-state index < -0.39 is 0 Å². The average molecular weight is 182 g/mol. The van der Waals surface area contributed by atoms with Crippen molar-refractivity contribution in [2.45, 2.75) is 32.2 Å². The van der Waals surface area contributed by atoms with Crippen molar-refractivity contribution < 1.29 is 4.79 Å². The van der Waals surface area contributed by atoms with Gasteiger partial charge < -0.3 is 10.6 Å². The van der Waals surface area contributed by atoms with Crippen LogP contribution >= 0.6 is 0 Å². The molecule has 2 N–H and O–H groups in total. The summed E-state index contributed by atoms with van der Waals surface area (Å²) in [5.41, 5.74) is 0. The van der Waals surface area contributed by atoms with Crippen molar-refractivity contribution in [1.82, 2.24) is 10.6 Å². The summed E-state index contributed by atoms with van der Waals surface area (Å²) < 4.78 is 0. The second-order valence-corrected chi connectivity index (χ2v) is 3.30. The molecule has 1 unspecified atom stereocenters. The van der Waals surface area contributed by atoms with Gasteiger partial charge in [-0.1, -0.05) is 12.2 Å². The zero-order chi connectivity index (χ0) is 9.52. The van der Waals surface area contributed by atoms with Crippen molar-refractivity contribution >= 4 is 5.91 Å². The Balaban J connectivity index is 2.14. The molecular weight excluding hydrogens is 164 g/mol. The number of rotatable bonds is 4. The van der Waals surface area contributed by atoms with E-state index in [1.54, 1.807) is 0 Å². The van der Waals surface area contributed by atoms with Gasteiger partial charge in [-0.05, 0) is 26.2 Å². The van der Waals surface area contributed by atoms with Gasteiger partial charge in [-0.3, -0.25) is 4.79 Å². The Hall–Kier alpha value is -0.830. The van der Waals surface area contributed by atoms with Gasteiger partial charge >= 0.3 is 0 Å². The number of hydrogen-bond acceptors (Lipinski definition) is 2. The first kappa shape index (κ1) is 10.3. The van der Waals surface area contributed by atoms with E-state index in [2.05, 4.69) is 22.8 Å². The minimum Gasteiger partial charge on any atom is -0.355 e. The van der Waals surface area contributed by atoms with Crippen LogP contribution in [-0.4, -0.2) is 25.0 Å². The minimum atomic E-state index is 0.0847. The molecule has 0 saturated carbocycles. The zero-order valence-corrected chi connectivity index (χ0v) is 8.18. The lowest BCUT2D eigenvalue weighted by molar-refractivity contribution is -0.120. The standard InChI is InChI=1S/C10H18N2O/c1-2-11-10(13)8-12-9-6-4-3-5-7-9/h4,6,9,12H,2-3,5,7-8H2,1H3,(H,11,13). The van der Waals surface area contributed by atoms with Crippen LogP contribution in [0.1, 0.15) is 26.2 Å². The van der Waals surface area contributed by atoms with Gasteiger partial charge in [0, 0.05) is 12.6 Å². The van der Waals surface area contributed by atoms with Crippen LogP contribution in [0.4, 0.5) is 0 Å². The maximum Gasteiger partial charge on any atom is 0.233 e. The van der Waals surface area contributed by atoms with Gasteiger partial charge in [0.2, 0.25) is 5.91 Å². The first-order valence-corrected chi connectivity index (χ1v) is 4.99. The van der Waals surface area contributed by atoms with Gasteiger partial charge in [0.05, 0.1) is 6.54 Å². The molecule has 0 fully saturated rings. The van der Waals surface area contributed by atoms with Crippen molar-refractivity contribution in [1.29, 1.82) is 0 Å². The van der Waals surface area contributed by atoms with E-state index in [9.17, 15) is 4.79 Å². The van der Waals surface area contributed by atoms with Crippen LogP contribution < -0.4 is 10.6 Å². The Morgan fingerprint density at radius 2 is 2.46 bits per heavy atom. The second-order valence-electron chi connectivity index (χ2n) is 3.30. The largest absolute Gasteiger partial charge is 0.355 e. The molecule has 3 heteroatoms. The Morgan fingerprint density at radius 3 is 3.08 bits per heavy atom. The number of carbonyl (C=O) groups is 1. The number of likely N-dealkylation sites (N-methyl/N-ethyl adjacent to an activating group) is 1. The van der Waals surface area contributed by atoms with Crippen molar-refractivity contribution in [3.63, 3.8) is 0 Å². The summed E-state index contributed by atoms with van der Waals surface area (Å²) in [5.74, 6) is 0.0847. The zero-order valence-electron chi connectivity index (χ0n) is 8.18. The van der Waals surface area contributed by atoms with Crippen molar-refractivity contribution in [3.8, 4) is 0 Å². The number of amides is 1. The van der Waals surface area contributed by atoms with E-state index >= 15 is 0 Å². The van der Waals surface area contributed by atoms with Gasteiger partial charge in [-0.15, -0.1) is 0 Å². The number of allylic oxidation sites excluding steroid dienone is 1. The van der Waals surface area contributed by atoms with Gasteiger partial charge in [0.25, 0.3) is 0 Å². The molecule has 13 heavy (non-hydrogen) atoms. The molecule has 0 radical (unpaired) electrons. The Kier molecular flexibility index (Phi) is 4.54. The van der Waals surface area contributed by atoms with Crippen LogP contribution in [-0.2, 0) is 4.79 Å². The van der Waals surface area contributed by atoms with Crippen molar-refractivity contribution in [3.05, 3.63) is 12.2 Å². The summed E-state index contributed by atoms with van der Waals surface area (Å²) >= 11 is 0. The predicted molar refractivity (Wildman–Crippen MR) is 53.5 cm³/mol. The smallest absolute Gasteiger partial charge is 0.233 e. The van der Waals surface area contributed by atoms with Gasteiger partial charge in [0.15, 0.2) is 0 Å². The molecule has 0 heterocycles. The molecule has 0 bridgehead atoms. The van der Waals surface area contributed by atoms with Crippen LogP contribution in [0, 0.1) is 0 Å². The summed E-state index contributed by atoms with van der Waals surface area (Å²) in [5, 5.41) is 5.97. The number of hydrogen-bond donors (Lipinski definition) is 2. The van der Waals surface area contributed by atoms with E-state index in [1.165, 1.54) is 12.8 Å². The highest BCUT2D eigenvalue weighted by molar-refractivity contribution is 5.77. The lowest BCUT2D eigenvalue weighted by Gasteiger charge is -2.17. The molecule has 1 rings (SSSR count). The maximum absolute atomic E-state index is 11.1. The van der Waals surface area contributed by atoms with Crippen LogP contribution in [0.25, 0.3) is 0 Å². The third-order valence-electron chi connectivity index (χ3n) is 2.15. The molecule has 0 aromatic rings. The van der Waals surface area contributed by atoms with Crippen LogP contribution in [0.3, 0.4) is 0 Å². The normalized spacial score (nSPS) is 21.5. The third kappa shape index (κ3) is 4.08. The van der Waals surface area contributed by atoms with E-state index in [0.29, 0.717) is 19.1 Å². The first-order chi connectivity index (χ1) is 6.33. The Morgan fingerprint density at radius 1 is 1.62 bits per heavy atom. The lowest BCUT2D eigenvalue weighted by atomic mass is 10.0. The summed E-state index contributed by atoms with van der Waals surface area (Å²) in [4.78, 5) is 11.1. The lowest BCUT2D eigenvalue weighted by Crippen LogP contribution is -2.38. The average Bonchev–Trinajstić information content (AvgIpc) is 2.17. The molecule has 74 valence electrons. The number of nitrogens with one attached hydrogen (secondary N) is 2. The summed E-state index contributed by atoms with van der Waals surface area (Å²) in [6.45, 7) is 3.07. The van der Waals surface area contributed by atoms with E-state index in [-0.39, 0.29) is 5.91 Å². The van der Waals surface area contributed by atoms with Gasteiger partial charge in [-0.25, -0.2) is 0 Å².